The van der Waals surface area contributed by atoms with Gasteiger partial charge in [0.15, 0.2) is 0 Å². The highest BCUT2D eigenvalue weighted by Gasteiger charge is 2.34. The zero-order valence-electron chi connectivity index (χ0n) is 17.4. The highest BCUT2D eigenvalue weighted by molar-refractivity contribution is 7.12. The van der Waals surface area contributed by atoms with Gasteiger partial charge in [-0.1, -0.05) is 32.0 Å². The minimum absolute atomic E-state index is 0.0840. The highest BCUT2D eigenvalue weighted by Crippen LogP contribution is 2.34. The Kier molecular flexibility index (Phi) is 7.33. The average molecular weight is 432 g/mol. The van der Waals surface area contributed by atoms with Gasteiger partial charge in [-0.2, -0.15) is 5.10 Å². The molecule has 0 spiro atoms. The first-order valence-corrected chi connectivity index (χ1v) is 10.7. The van der Waals surface area contributed by atoms with Crippen molar-refractivity contribution in [1.82, 2.24) is 9.91 Å². The van der Waals surface area contributed by atoms with Gasteiger partial charge in [-0.3, -0.25) is 9.59 Å². The van der Waals surface area contributed by atoms with Gasteiger partial charge in [-0.15, -0.1) is 11.3 Å². The minimum atomic E-state index is -0.339. The molecule has 2 aromatic rings. The molecule has 0 aliphatic carbocycles. The summed E-state index contributed by atoms with van der Waals surface area (Å²) in [4.78, 5) is 28.3. The van der Waals surface area contributed by atoms with Crippen LogP contribution in [0.2, 0.25) is 0 Å². The molecule has 0 saturated heterocycles. The van der Waals surface area contributed by atoms with Crippen molar-refractivity contribution in [2.75, 3.05) is 26.8 Å². The lowest BCUT2D eigenvalue weighted by Crippen LogP contribution is -2.44. The summed E-state index contributed by atoms with van der Waals surface area (Å²) in [6.07, 6.45) is 0.536. The Balaban J connectivity index is 1.86. The Bertz CT molecular complexity index is 897. The number of thiophene rings is 1. The number of amides is 2. The normalized spacial score (nSPS) is 16.1. The summed E-state index contributed by atoms with van der Waals surface area (Å²) < 4.78 is 18.5. The van der Waals surface area contributed by atoms with Crippen LogP contribution in [-0.4, -0.2) is 54.2 Å². The van der Waals surface area contributed by atoms with Crippen molar-refractivity contribution in [3.63, 3.8) is 0 Å². The number of halogens is 1. The zero-order chi connectivity index (χ0) is 21.7. The molecule has 30 heavy (non-hydrogen) atoms. The van der Waals surface area contributed by atoms with Gasteiger partial charge in [-0.25, -0.2) is 9.40 Å². The van der Waals surface area contributed by atoms with E-state index in [1.807, 2.05) is 17.5 Å². The van der Waals surface area contributed by atoms with Crippen molar-refractivity contribution in [2.24, 2.45) is 11.0 Å². The molecule has 1 aliphatic rings. The fraction of sp³-hybridized carbons (Fsp3) is 0.409. The largest absolute Gasteiger partial charge is 0.383 e. The lowest BCUT2D eigenvalue weighted by molar-refractivity contribution is -0.143. The molecule has 1 aromatic heterocycles. The van der Waals surface area contributed by atoms with E-state index in [0.717, 1.165) is 16.2 Å². The van der Waals surface area contributed by atoms with Gasteiger partial charge in [0.05, 0.1) is 23.2 Å². The fourth-order valence-electron chi connectivity index (χ4n) is 3.35. The van der Waals surface area contributed by atoms with Gasteiger partial charge in [0, 0.05) is 26.0 Å². The van der Waals surface area contributed by atoms with Gasteiger partial charge in [0.25, 0.3) is 5.91 Å². The summed E-state index contributed by atoms with van der Waals surface area (Å²) in [6, 6.07) is 9.68. The predicted octanol–water partition coefficient (Wildman–Crippen LogP) is 3.70. The van der Waals surface area contributed by atoms with Gasteiger partial charge >= 0.3 is 0 Å². The molecule has 2 amide bonds. The third-order valence-electron chi connectivity index (χ3n) is 4.92. The molecular weight excluding hydrogens is 405 g/mol. The van der Waals surface area contributed by atoms with E-state index in [-0.39, 0.29) is 36.1 Å². The topological polar surface area (TPSA) is 62.2 Å². The summed E-state index contributed by atoms with van der Waals surface area (Å²) >= 11 is 1.56. The van der Waals surface area contributed by atoms with Gasteiger partial charge in [-0.05, 0) is 29.1 Å². The molecular formula is C22H26FN3O3S. The van der Waals surface area contributed by atoms with Crippen LogP contribution in [0.15, 0.2) is 46.9 Å². The number of rotatable bonds is 8. The van der Waals surface area contributed by atoms with Crippen molar-refractivity contribution in [3.05, 3.63) is 58.0 Å². The summed E-state index contributed by atoms with van der Waals surface area (Å²) in [6.45, 7) is 4.19. The molecule has 0 fully saturated rings. The standard InChI is InChI=1S/C22H26FN3O3S/c1-15(2)22(28)25(10-11-29-3)14-21(27)26-19(16-6-8-17(23)9-7-16)13-18(24-26)20-5-4-12-30-20/h4-9,12,15,19H,10-11,13-14H2,1-3H3/t19-/m1/s1. The molecule has 0 unspecified atom stereocenters. The van der Waals surface area contributed by atoms with Crippen molar-refractivity contribution in [1.29, 1.82) is 0 Å². The quantitative estimate of drug-likeness (QED) is 0.640. The van der Waals surface area contributed by atoms with E-state index in [1.165, 1.54) is 22.0 Å². The van der Waals surface area contributed by atoms with Crippen LogP contribution in [0.4, 0.5) is 4.39 Å². The third-order valence-corrected chi connectivity index (χ3v) is 5.84. The summed E-state index contributed by atoms with van der Waals surface area (Å²) in [5.41, 5.74) is 1.62. The molecule has 0 N–H and O–H groups in total. The second kappa shape index (κ2) is 9.95. The van der Waals surface area contributed by atoms with Crippen molar-refractivity contribution < 1.29 is 18.7 Å². The van der Waals surface area contributed by atoms with E-state index in [4.69, 9.17) is 4.74 Å². The van der Waals surface area contributed by atoms with Crippen molar-refractivity contribution in [3.8, 4) is 0 Å². The Labute approximate surface area is 179 Å². The van der Waals surface area contributed by atoms with E-state index in [1.54, 1.807) is 44.4 Å². The SMILES string of the molecule is COCCN(CC(=O)N1N=C(c2cccs2)C[C@@H]1c1ccc(F)cc1)C(=O)C(C)C. The molecule has 160 valence electrons. The van der Waals surface area contributed by atoms with Crippen LogP contribution in [-0.2, 0) is 14.3 Å². The second-order valence-corrected chi connectivity index (χ2v) is 8.39. The first-order chi connectivity index (χ1) is 14.4. The second-order valence-electron chi connectivity index (χ2n) is 7.44. The number of hydrogen-bond acceptors (Lipinski definition) is 5. The van der Waals surface area contributed by atoms with Crippen molar-refractivity contribution >= 4 is 28.9 Å². The van der Waals surface area contributed by atoms with Crippen LogP contribution < -0.4 is 0 Å². The predicted molar refractivity (Wildman–Crippen MR) is 115 cm³/mol. The maximum absolute atomic E-state index is 13.4. The summed E-state index contributed by atoms with van der Waals surface area (Å²) in [5, 5.41) is 8.00. The van der Waals surface area contributed by atoms with Crippen LogP contribution in [0.3, 0.4) is 0 Å². The molecule has 6 nitrogen and oxygen atoms in total. The first-order valence-electron chi connectivity index (χ1n) is 9.87. The molecule has 0 bridgehead atoms. The number of benzene rings is 1. The van der Waals surface area contributed by atoms with E-state index >= 15 is 0 Å². The molecule has 8 heteroatoms. The zero-order valence-corrected chi connectivity index (χ0v) is 18.2. The average Bonchev–Trinajstić information content (AvgIpc) is 3.40. The smallest absolute Gasteiger partial charge is 0.262 e. The highest BCUT2D eigenvalue weighted by atomic mass is 32.1. The summed E-state index contributed by atoms with van der Waals surface area (Å²) in [5.74, 6) is -0.949. The molecule has 3 rings (SSSR count). The fourth-order valence-corrected chi connectivity index (χ4v) is 4.07. The number of methoxy groups -OCH3 is 1. The van der Waals surface area contributed by atoms with E-state index in [9.17, 15) is 14.0 Å². The number of carbonyl (C=O) groups is 2. The summed E-state index contributed by atoms with van der Waals surface area (Å²) in [7, 11) is 1.56. The Hall–Kier alpha value is -2.58. The Morgan fingerprint density at radius 3 is 2.63 bits per heavy atom. The molecule has 2 heterocycles. The van der Waals surface area contributed by atoms with E-state index < -0.39 is 0 Å². The van der Waals surface area contributed by atoms with Gasteiger partial charge in [0.2, 0.25) is 5.91 Å². The van der Waals surface area contributed by atoms with Crippen LogP contribution in [0.1, 0.15) is 36.8 Å². The number of ether oxygens (including phenoxy) is 1. The lowest BCUT2D eigenvalue weighted by Gasteiger charge is -2.28. The van der Waals surface area contributed by atoms with Crippen molar-refractivity contribution in [2.45, 2.75) is 26.3 Å². The van der Waals surface area contributed by atoms with Crippen LogP contribution >= 0.6 is 11.3 Å². The van der Waals surface area contributed by atoms with Crippen LogP contribution in [0, 0.1) is 11.7 Å². The molecule has 1 atom stereocenters. The first kappa shape index (κ1) is 22.1. The third kappa shape index (κ3) is 5.12. The maximum Gasteiger partial charge on any atom is 0.262 e. The molecule has 0 radical (unpaired) electrons. The van der Waals surface area contributed by atoms with Crippen LogP contribution in [0.25, 0.3) is 0 Å². The van der Waals surface area contributed by atoms with E-state index in [0.29, 0.717) is 19.6 Å². The number of hydrogen-bond donors (Lipinski definition) is 0. The molecule has 1 aromatic carbocycles. The minimum Gasteiger partial charge on any atom is -0.383 e. The van der Waals surface area contributed by atoms with E-state index in [2.05, 4.69) is 5.10 Å². The van der Waals surface area contributed by atoms with Crippen LogP contribution in [0.5, 0.6) is 0 Å². The number of carbonyl (C=O) groups excluding carboxylic acids is 2. The number of hydrazone groups is 1. The number of nitrogens with zero attached hydrogens (tertiary/aromatic N) is 3. The van der Waals surface area contributed by atoms with Gasteiger partial charge < -0.3 is 9.64 Å². The molecule has 0 saturated carbocycles. The Morgan fingerprint density at radius 1 is 1.30 bits per heavy atom. The lowest BCUT2D eigenvalue weighted by atomic mass is 10.0. The Morgan fingerprint density at radius 2 is 2.03 bits per heavy atom. The molecule has 1 aliphatic heterocycles. The van der Waals surface area contributed by atoms with Gasteiger partial charge in [0.1, 0.15) is 12.4 Å². The maximum atomic E-state index is 13.4. The monoisotopic (exact) mass is 431 g/mol.